The van der Waals surface area contributed by atoms with E-state index in [1.165, 1.54) is 14.0 Å². The molecule has 1 N–H and O–H groups in total. The van der Waals surface area contributed by atoms with E-state index in [9.17, 15) is 24.6 Å². The molecule has 2 aliphatic rings. The van der Waals surface area contributed by atoms with Crippen LogP contribution in [0.1, 0.15) is 19.8 Å². The van der Waals surface area contributed by atoms with Crippen LogP contribution in [0, 0.1) is 5.92 Å². The van der Waals surface area contributed by atoms with E-state index in [1.807, 2.05) is 0 Å². The summed E-state index contributed by atoms with van der Waals surface area (Å²) in [4.78, 5) is 35.3. The number of amides is 1. The molecule has 2 rings (SSSR count). The van der Waals surface area contributed by atoms with Gasteiger partial charge < -0.3 is 24.6 Å². The molecule has 20 heavy (non-hydrogen) atoms. The predicted molar refractivity (Wildman–Crippen MR) is 59.1 cm³/mol. The molecule has 0 aromatic heterocycles. The number of hydrogen-bond donors (Lipinski definition) is 1. The summed E-state index contributed by atoms with van der Waals surface area (Å²) in [6, 6.07) is -0.403. The van der Waals surface area contributed by atoms with Crippen molar-refractivity contribution in [1.29, 1.82) is 0 Å². The first-order chi connectivity index (χ1) is 8.88. The fourth-order valence-electron chi connectivity index (χ4n) is 2.75. The van der Waals surface area contributed by atoms with Crippen molar-refractivity contribution >= 4 is 17.8 Å². The van der Waals surface area contributed by atoms with E-state index < -0.39 is 35.9 Å². The van der Waals surface area contributed by atoms with Gasteiger partial charge in [-0.2, -0.15) is 0 Å². The van der Waals surface area contributed by atoms with E-state index in [0.29, 0.717) is 5.57 Å². The number of aliphatic hydroxyl groups excluding tert-OH is 1. The summed E-state index contributed by atoms with van der Waals surface area (Å²) >= 11 is 0. The number of nitrogens with zero attached hydrogens (tertiary/aromatic N) is 1. The van der Waals surface area contributed by atoms with Crippen LogP contribution in [-0.2, 0) is 19.1 Å². The van der Waals surface area contributed by atoms with Gasteiger partial charge in [-0.05, 0) is 18.9 Å². The van der Waals surface area contributed by atoms with E-state index in [0.717, 1.165) is 4.90 Å². The first-order valence-corrected chi connectivity index (χ1v) is 5.89. The van der Waals surface area contributed by atoms with Gasteiger partial charge in [0.15, 0.2) is 0 Å². The quantitative estimate of drug-likeness (QED) is 0.317. The largest absolute Gasteiger partial charge is 1.00 e. The average molecular weight is 307 g/mol. The zero-order valence-corrected chi connectivity index (χ0v) is 14.7. The van der Waals surface area contributed by atoms with Gasteiger partial charge in [-0.1, -0.05) is 0 Å². The smallest absolute Gasteiger partial charge is 0.543 e. The third kappa shape index (κ3) is 2.86. The van der Waals surface area contributed by atoms with Gasteiger partial charge in [0, 0.05) is 0 Å². The molecule has 104 valence electrons. The topological polar surface area (TPSA) is 107 Å². The minimum absolute atomic E-state index is 0. The maximum atomic E-state index is 11.8. The summed E-state index contributed by atoms with van der Waals surface area (Å²) < 4.78 is 4.49. The normalized spacial score (nSPS) is 25.6. The molecular formula is C12H14KNO6. The Hall–Kier alpha value is -0.254. The second-order valence-electron chi connectivity index (χ2n) is 4.74. The number of hydrogen-bond acceptors (Lipinski definition) is 6. The maximum absolute atomic E-state index is 11.8. The monoisotopic (exact) mass is 307 g/mol. The first-order valence-electron chi connectivity index (χ1n) is 5.89. The van der Waals surface area contributed by atoms with Gasteiger partial charge in [0.2, 0.25) is 5.91 Å². The van der Waals surface area contributed by atoms with E-state index in [1.54, 1.807) is 0 Å². The van der Waals surface area contributed by atoms with Crippen LogP contribution in [0.2, 0.25) is 0 Å². The Morgan fingerprint density at radius 3 is 2.60 bits per heavy atom. The minimum Gasteiger partial charge on any atom is -0.543 e. The fraction of sp³-hybridized carbons (Fsp3) is 0.583. The predicted octanol–water partition coefficient (Wildman–Crippen LogP) is -4.83. The molecular weight excluding hydrogens is 293 g/mol. The second kappa shape index (κ2) is 6.67. The molecule has 0 aromatic rings. The van der Waals surface area contributed by atoms with Crippen molar-refractivity contribution < 1.29 is 80.7 Å². The summed E-state index contributed by atoms with van der Waals surface area (Å²) in [5, 5.41) is 20.6. The summed E-state index contributed by atoms with van der Waals surface area (Å²) in [5.74, 6) is -3.13. The Labute approximate surface area is 158 Å². The molecule has 1 saturated heterocycles. The number of β-lactam (4-membered cyclic amide) rings is 1. The van der Waals surface area contributed by atoms with Crippen molar-refractivity contribution in [2.24, 2.45) is 5.92 Å². The van der Waals surface area contributed by atoms with Gasteiger partial charge in [0.25, 0.3) is 0 Å². The number of carboxylic acids is 1. The number of fused-ring (bicyclic) bond motifs is 1. The zero-order chi connectivity index (χ0) is 14.3. The number of esters is 1. The Bertz CT molecular complexity index is 486. The van der Waals surface area contributed by atoms with Gasteiger partial charge in [-0.3, -0.25) is 9.59 Å². The second-order valence-corrected chi connectivity index (χ2v) is 4.74. The summed E-state index contributed by atoms with van der Waals surface area (Å²) in [5.41, 5.74) is 0.0608. The number of carbonyl (C=O) groups is 3. The molecule has 3 atom stereocenters. The molecule has 2 heterocycles. The molecule has 1 amide bonds. The molecule has 0 saturated carbocycles. The van der Waals surface area contributed by atoms with Crippen molar-refractivity contribution in [2.45, 2.75) is 31.9 Å². The Morgan fingerprint density at radius 1 is 1.55 bits per heavy atom. The molecule has 1 fully saturated rings. The molecule has 0 bridgehead atoms. The van der Waals surface area contributed by atoms with E-state index in [-0.39, 0.29) is 69.9 Å². The number of ether oxygens (including phenoxy) is 1. The van der Waals surface area contributed by atoms with Gasteiger partial charge >= 0.3 is 57.4 Å². The summed E-state index contributed by atoms with van der Waals surface area (Å²) in [6.45, 7) is 1.48. The Morgan fingerprint density at radius 2 is 2.15 bits per heavy atom. The number of methoxy groups -OCH3 is 1. The Kier molecular flexibility index (Phi) is 5.94. The molecule has 8 heteroatoms. The number of carboxylic acid groups (broad SMARTS) is 1. The van der Waals surface area contributed by atoms with Crippen LogP contribution in [0.3, 0.4) is 0 Å². The number of rotatable bonds is 4. The van der Waals surface area contributed by atoms with Crippen LogP contribution in [-0.4, -0.2) is 47.1 Å². The van der Waals surface area contributed by atoms with Crippen molar-refractivity contribution in [3.63, 3.8) is 0 Å². The third-order valence-electron chi connectivity index (χ3n) is 3.60. The average Bonchev–Trinajstić information content (AvgIpc) is 2.63. The van der Waals surface area contributed by atoms with Crippen LogP contribution >= 0.6 is 0 Å². The van der Waals surface area contributed by atoms with Crippen LogP contribution in [0.25, 0.3) is 0 Å². The molecule has 0 aliphatic carbocycles. The standard InChI is InChI=1S/C12H15NO6.K/c1-5(14)9-7-3-6(4-8(15)19-2)10(12(17)18)13(7)11(9)16;/h5,7,9,14H,3-4H2,1-2H3,(H,17,18);/q;+1/p-1/t5-,7-,9-;/m1./s1. The van der Waals surface area contributed by atoms with E-state index in [2.05, 4.69) is 4.74 Å². The van der Waals surface area contributed by atoms with Gasteiger partial charge in [0.05, 0.1) is 43.3 Å². The zero-order valence-electron chi connectivity index (χ0n) is 11.6. The molecule has 2 aliphatic heterocycles. The van der Waals surface area contributed by atoms with Crippen molar-refractivity contribution in [1.82, 2.24) is 4.90 Å². The summed E-state index contributed by atoms with van der Waals surface area (Å²) in [6.07, 6.45) is -0.791. The molecule has 0 radical (unpaired) electrons. The maximum Gasteiger partial charge on any atom is 1.00 e. The van der Waals surface area contributed by atoms with Crippen LogP contribution < -0.4 is 56.5 Å². The van der Waals surface area contributed by atoms with Gasteiger partial charge in [-0.25, -0.2) is 0 Å². The number of carbonyl (C=O) groups excluding carboxylic acids is 3. The van der Waals surface area contributed by atoms with Crippen molar-refractivity contribution in [3.8, 4) is 0 Å². The fourth-order valence-corrected chi connectivity index (χ4v) is 2.75. The molecule has 0 spiro atoms. The van der Waals surface area contributed by atoms with Crippen LogP contribution in [0.5, 0.6) is 0 Å². The Balaban J connectivity index is 0.00000200. The molecule has 7 nitrogen and oxygen atoms in total. The van der Waals surface area contributed by atoms with Crippen LogP contribution in [0.4, 0.5) is 0 Å². The van der Waals surface area contributed by atoms with Crippen molar-refractivity contribution in [2.75, 3.05) is 7.11 Å². The minimum atomic E-state index is -1.49. The number of aliphatic hydroxyl groups is 1. The summed E-state index contributed by atoms with van der Waals surface area (Å²) in [7, 11) is 1.20. The first kappa shape index (κ1) is 17.8. The number of aliphatic carboxylic acids is 1. The third-order valence-corrected chi connectivity index (χ3v) is 3.60. The van der Waals surface area contributed by atoms with Gasteiger partial charge in [0.1, 0.15) is 0 Å². The van der Waals surface area contributed by atoms with Crippen LogP contribution in [0.15, 0.2) is 11.3 Å². The van der Waals surface area contributed by atoms with Crippen molar-refractivity contribution in [3.05, 3.63) is 11.3 Å². The molecule has 0 aromatic carbocycles. The van der Waals surface area contributed by atoms with E-state index >= 15 is 0 Å². The van der Waals surface area contributed by atoms with E-state index in [4.69, 9.17) is 0 Å². The molecule has 0 unspecified atom stereocenters. The SMILES string of the molecule is COC(=O)CC1=C(C(=O)[O-])N2C(=O)[C@H]([C@@H](C)O)[C@H]2C1.[K+]. The van der Waals surface area contributed by atoms with Gasteiger partial charge in [-0.15, -0.1) is 0 Å².